The van der Waals surface area contributed by atoms with Crippen LogP contribution in [0.25, 0.3) is 142 Å². The van der Waals surface area contributed by atoms with Crippen molar-refractivity contribution in [3.05, 3.63) is 188 Å². The molecule has 0 aliphatic heterocycles. The first kappa shape index (κ1) is 34.5. The van der Waals surface area contributed by atoms with Gasteiger partial charge in [0.2, 0.25) is 0 Å². The lowest BCUT2D eigenvalue weighted by atomic mass is 9.88. The molecule has 0 saturated carbocycles. The summed E-state index contributed by atoms with van der Waals surface area (Å²) >= 11 is 1.77. The van der Waals surface area contributed by atoms with E-state index in [0.29, 0.717) is 17.5 Å². The Morgan fingerprint density at radius 2 is 0.937 bits per heavy atom. The van der Waals surface area contributed by atoms with Gasteiger partial charge in [0.25, 0.3) is 0 Å². The lowest BCUT2D eigenvalue weighted by molar-refractivity contribution is 0.669. The molecule has 14 rings (SSSR count). The van der Waals surface area contributed by atoms with Gasteiger partial charge in [-0.25, -0.2) is 15.0 Å². The molecular weight excluding hydrogens is 791 g/mol. The predicted molar refractivity (Wildman–Crippen MR) is 261 cm³/mol. The zero-order valence-electron chi connectivity index (χ0n) is 33.5. The molecule has 292 valence electrons. The maximum absolute atomic E-state index is 6.52. The summed E-state index contributed by atoms with van der Waals surface area (Å²) in [5.41, 5.74) is 10.8. The zero-order chi connectivity index (χ0) is 41.2. The summed E-state index contributed by atoms with van der Waals surface area (Å²) in [6, 6.07) is 66.2. The molecule has 0 aliphatic carbocycles. The highest BCUT2D eigenvalue weighted by Crippen LogP contribution is 2.47. The molecular formula is C57H31N3O2S. The molecule has 10 aromatic carbocycles. The van der Waals surface area contributed by atoms with Gasteiger partial charge in [0.1, 0.15) is 22.3 Å². The van der Waals surface area contributed by atoms with Gasteiger partial charge in [-0.1, -0.05) is 140 Å². The van der Waals surface area contributed by atoms with E-state index in [1.807, 2.05) is 18.2 Å². The Kier molecular flexibility index (Phi) is 7.21. The van der Waals surface area contributed by atoms with Crippen molar-refractivity contribution in [2.45, 2.75) is 0 Å². The van der Waals surface area contributed by atoms with Crippen molar-refractivity contribution in [2.24, 2.45) is 0 Å². The minimum absolute atomic E-state index is 0.586. The van der Waals surface area contributed by atoms with Gasteiger partial charge < -0.3 is 8.83 Å². The molecule has 6 heteroatoms. The van der Waals surface area contributed by atoms with E-state index in [2.05, 4.69) is 170 Å². The molecule has 4 heterocycles. The Hall–Kier alpha value is -8.19. The highest BCUT2D eigenvalue weighted by Gasteiger charge is 2.22. The first-order valence-electron chi connectivity index (χ1n) is 21.1. The third-order valence-electron chi connectivity index (χ3n) is 12.7. The van der Waals surface area contributed by atoms with Gasteiger partial charge in [-0.05, 0) is 86.9 Å². The SMILES string of the molecule is c1ccc(-c2ccc3c(c2)c2c(-c4ccc(-c5nc(-c6ccc7c(c6)oc6ccccc67)nc(-c6cccc7c6sc6ccccc67)n5)cc4)ccc4oc5cccc3c5c42)cc1. The maximum atomic E-state index is 6.52. The number of nitrogens with zero attached hydrogens (tertiary/aromatic N) is 3. The van der Waals surface area contributed by atoms with E-state index < -0.39 is 0 Å². The van der Waals surface area contributed by atoms with Crippen molar-refractivity contribution in [3.8, 4) is 56.4 Å². The molecule has 4 aromatic heterocycles. The topological polar surface area (TPSA) is 65.0 Å². The van der Waals surface area contributed by atoms with Crippen LogP contribution in [-0.2, 0) is 0 Å². The first-order valence-corrected chi connectivity index (χ1v) is 21.9. The molecule has 0 spiro atoms. The van der Waals surface area contributed by atoms with Crippen molar-refractivity contribution in [3.63, 3.8) is 0 Å². The zero-order valence-corrected chi connectivity index (χ0v) is 34.3. The molecule has 5 nitrogen and oxygen atoms in total. The van der Waals surface area contributed by atoms with E-state index >= 15 is 0 Å². The average molecular weight is 822 g/mol. The standard InChI is InChI=1S/C57H31N3O2S/c1-2-10-32(11-3-1)35-24-26-38-42-14-9-18-47-52(42)53-48(62-47)29-28-37(51(53)45(38)30-35)33-20-22-34(23-21-33)55-58-56(36-25-27-40-39-12-4-6-17-46(39)61-49(40)31-36)60-57(59-55)44-16-8-15-43-41-13-5-7-19-50(41)63-54(43)44/h1-31H. The van der Waals surface area contributed by atoms with E-state index in [4.69, 9.17) is 23.8 Å². The predicted octanol–water partition coefficient (Wildman–Crippen LogP) is 16.1. The molecule has 0 radical (unpaired) electrons. The molecule has 0 aliphatic rings. The van der Waals surface area contributed by atoms with Crippen molar-refractivity contribution >= 4 is 96.9 Å². The van der Waals surface area contributed by atoms with Gasteiger partial charge in [-0.3, -0.25) is 0 Å². The largest absolute Gasteiger partial charge is 0.456 e. The smallest absolute Gasteiger partial charge is 0.165 e. The second-order valence-corrected chi connectivity index (χ2v) is 17.3. The van der Waals surface area contributed by atoms with Crippen molar-refractivity contribution in [1.82, 2.24) is 15.0 Å². The molecule has 0 unspecified atom stereocenters. The highest BCUT2D eigenvalue weighted by atomic mass is 32.1. The number of para-hydroxylation sites is 1. The Bertz CT molecular complexity index is 4140. The van der Waals surface area contributed by atoms with Gasteiger partial charge in [-0.2, -0.15) is 0 Å². The second kappa shape index (κ2) is 13.2. The molecule has 14 aromatic rings. The number of hydrogen-bond donors (Lipinski definition) is 0. The van der Waals surface area contributed by atoms with Crippen molar-refractivity contribution < 1.29 is 8.83 Å². The van der Waals surface area contributed by atoms with Gasteiger partial charge in [0, 0.05) is 63.8 Å². The van der Waals surface area contributed by atoms with Crippen LogP contribution in [0.5, 0.6) is 0 Å². The third-order valence-corrected chi connectivity index (χ3v) is 13.9. The van der Waals surface area contributed by atoms with Gasteiger partial charge in [-0.15, -0.1) is 11.3 Å². The summed E-state index contributed by atoms with van der Waals surface area (Å²) in [6.45, 7) is 0. The van der Waals surface area contributed by atoms with Gasteiger partial charge >= 0.3 is 0 Å². The number of rotatable bonds is 5. The number of thiophene rings is 1. The summed E-state index contributed by atoms with van der Waals surface area (Å²) in [5, 5.41) is 11.7. The van der Waals surface area contributed by atoms with Crippen LogP contribution < -0.4 is 0 Å². The lowest BCUT2D eigenvalue weighted by Crippen LogP contribution is -2.00. The van der Waals surface area contributed by atoms with E-state index in [-0.39, 0.29) is 0 Å². The fourth-order valence-corrected chi connectivity index (χ4v) is 11.0. The van der Waals surface area contributed by atoms with E-state index in [9.17, 15) is 0 Å². The molecule has 0 amide bonds. The minimum atomic E-state index is 0.586. The fourth-order valence-electron chi connectivity index (χ4n) is 9.79. The second-order valence-electron chi connectivity index (χ2n) is 16.2. The summed E-state index contributed by atoms with van der Waals surface area (Å²) in [4.78, 5) is 15.6. The molecule has 0 fully saturated rings. The summed E-state index contributed by atoms with van der Waals surface area (Å²) < 4.78 is 15.2. The number of aromatic nitrogens is 3. The fraction of sp³-hybridized carbons (Fsp3) is 0. The van der Waals surface area contributed by atoms with Crippen LogP contribution in [0.3, 0.4) is 0 Å². The summed E-state index contributed by atoms with van der Waals surface area (Å²) in [6.07, 6.45) is 0. The molecule has 0 saturated heterocycles. The molecule has 63 heavy (non-hydrogen) atoms. The van der Waals surface area contributed by atoms with Crippen LogP contribution in [0.4, 0.5) is 0 Å². The van der Waals surface area contributed by atoms with Crippen LogP contribution in [-0.4, -0.2) is 15.0 Å². The van der Waals surface area contributed by atoms with Gasteiger partial charge in [0.15, 0.2) is 17.5 Å². The quantitative estimate of drug-likeness (QED) is 0.162. The Morgan fingerprint density at radius 3 is 1.84 bits per heavy atom. The van der Waals surface area contributed by atoms with Crippen LogP contribution in [0.2, 0.25) is 0 Å². The lowest BCUT2D eigenvalue weighted by Gasteiger charge is -2.14. The van der Waals surface area contributed by atoms with Crippen molar-refractivity contribution in [2.75, 3.05) is 0 Å². The average Bonchev–Trinajstić information content (AvgIpc) is 4.05. The maximum Gasteiger partial charge on any atom is 0.165 e. The Morgan fingerprint density at radius 1 is 0.302 bits per heavy atom. The minimum Gasteiger partial charge on any atom is -0.456 e. The number of furan rings is 2. The van der Waals surface area contributed by atoms with Crippen LogP contribution in [0.1, 0.15) is 0 Å². The van der Waals surface area contributed by atoms with Crippen LogP contribution in [0, 0.1) is 0 Å². The number of benzene rings is 10. The van der Waals surface area contributed by atoms with E-state index in [1.54, 1.807) is 11.3 Å². The molecule has 0 N–H and O–H groups in total. The van der Waals surface area contributed by atoms with E-state index in [0.717, 1.165) is 71.0 Å². The highest BCUT2D eigenvalue weighted by molar-refractivity contribution is 7.26. The first-order chi connectivity index (χ1) is 31.2. The van der Waals surface area contributed by atoms with Crippen LogP contribution in [0.15, 0.2) is 197 Å². The molecule has 0 atom stereocenters. The van der Waals surface area contributed by atoms with Gasteiger partial charge in [0.05, 0.1) is 0 Å². The normalized spacial score (nSPS) is 12.1. The Labute approximate surface area is 363 Å². The Balaban J connectivity index is 0.957. The monoisotopic (exact) mass is 821 g/mol. The molecule has 0 bridgehead atoms. The van der Waals surface area contributed by atoms with Crippen LogP contribution >= 0.6 is 11.3 Å². The number of fused-ring (bicyclic) bond motifs is 9. The van der Waals surface area contributed by atoms with E-state index in [1.165, 1.54) is 53.5 Å². The number of hydrogen-bond acceptors (Lipinski definition) is 6. The summed E-state index contributed by atoms with van der Waals surface area (Å²) in [7, 11) is 0. The summed E-state index contributed by atoms with van der Waals surface area (Å²) in [5.74, 6) is 1.82. The third kappa shape index (κ3) is 5.19. The van der Waals surface area contributed by atoms with Crippen molar-refractivity contribution in [1.29, 1.82) is 0 Å².